The molecule has 0 aliphatic carbocycles. The molecule has 0 saturated heterocycles. The maximum Gasteiger partial charge on any atom is 0.241 e. The minimum Gasteiger partial charge on any atom is -0.744 e. The van der Waals surface area contributed by atoms with Gasteiger partial charge in [-0.05, 0) is 19.1 Å². The van der Waals surface area contributed by atoms with E-state index in [9.17, 15) is 13.0 Å². The zero-order chi connectivity index (χ0) is 15.2. The van der Waals surface area contributed by atoms with Gasteiger partial charge in [0.05, 0.1) is 10.3 Å². The molecule has 0 fully saturated rings. The summed E-state index contributed by atoms with van der Waals surface area (Å²) in [5.41, 5.74) is 1.83. The summed E-state index contributed by atoms with van der Waals surface area (Å²) in [6, 6.07) is 7.66. The van der Waals surface area contributed by atoms with Crippen molar-refractivity contribution >= 4 is 27.9 Å². The fraction of sp³-hybridized carbons (Fsp3) is 0.167. The van der Waals surface area contributed by atoms with Gasteiger partial charge in [0.15, 0.2) is 7.05 Å². The Morgan fingerprint density at radius 2 is 1.90 bits per heavy atom. The fourth-order valence-corrected chi connectivity index (χ4v) is 2.33. The van der Waals surface area contributed by atoms with Crippen LogP contribution >= 0.6 is 11.5 Å². The first kappa shape index (κ1) is 16.3. The molecule has 0 bridgehead atoms. The van der Waals surface area contributed by atoms with Crippen LogP contribution in [0.4, 0.5) is 0 Å². The van der Waals surface area contributed by atoms with E-state index in [1.165, 1.54) is 18.3 Å². The summed E-state index contributed by atoms with van der Waals surface area (Å²) in [5, 5.41) is 13.0. The number of nitrogens with zero attached hydrogens (tertiary/aromatic N) is 2. The average Bonchev–Trinajstić information content (AvgIpc) is 2.76. The monoisotopic (exact) mass is 314 g/mol. The summed E-state index contributed by atoms with van der Waals surface area (Å²) < 4.78 is 33.1. The second-order valence-corrected chi connectivity index (χ2v) is 6.25. The molecule has 0 unspecified atom stereocenters. The van der Waals surface area contributed by atoms with Gasteiger partial charge in [-0.2, -0.15) is 0 Å². The van der Waals surface area contributed by atoms with E-state index < -0.39 is 10.1 Å². The number of benzene rings is 1. The Morgan fingerprint density at radius 1 is 1.30 bits per heavy atom. The van der Waals surface area contributed by atoms with E-state index in [1.54, 1.807) is 23.7 Å². The highest BCUT2D eigenvalue weighted by Crippen LogP contribution is 2.08. The number of hydrogen-bond donors (Lipinski definition) is 1. The van der Waals surface area contributed by atoms with E-state index in [0.29, 0.717) is 0 Å². The van der Waals surface area contributed by atoms with Gasteiger partial charge >= 0.3 is 0 Å². The zero-order valence-corrected chi connectivity index (χ0v) is 12.6. The van der Waals surface area contributed by atoms with Crippen LogP contribution in [0.3, 0.4) is 0 Å². The number of aryl methyl sites for hydroxylation is 2. The molecule has 0 aliphatic heterocycles. The Balaban J connectivity index is 0.000000204. The van der Waals surface area contributed by atoms with Crippen molar-refractivity contribution in [2.75, 3.05) is 0 Å². The molecular formula is C12H14N2O4S2. The Bertz CT molecular complexity index is 676. The van der Waals surface area contributed by atoms with E-state index in [1.807, 2.05) is 29.4 Å². The number of oxime groups is 1. The highest BCUT2D eigenvalue weighted by atomic mass is 32.2. The van der Waals surface area contributed by atoms with Gasteiger partial charge in [-0.25, -0.2) is 8.42 Å². The van der Waals surface area contributed by atoms with Crippen molar-refractivity contribution in [3.63, 3.8) is 0 Å². The van der Waals surface area contributed by atoms with Crippen LogP contribution in [-0.4, -0.2) is 24.4 Å². The summed E-state index contributed by atoms with van der Waals surface area (Å²) in [7, 11) is -2.37. The molecule has 8 heteroatoms. The maximum atomic E-state index is 10.4. The van der Waals surface area contributed by atoms with Crippen molar-refractivity contribution < 1.29 is 22.1 Å². The Hall–Kier alpha value is -1.77. The molecule has 1 aromatic heterocycles. The van der Waals surface area contributed by atoms with Gasteiger partial charge in [0.25, 0.3) is 0 Å². The molecule has 0 radical (unpaired) electrons. The van der Waals surface area contributed by atoms with Gasteiger partial charge in [0.2, 0.25) is 5.69 Å². The molecule has 20 heavy (non-hydrogen) atoms. The van der Waals surface area contributed by atoms with Crippen molar-refractivity contribution in [3.8, 4) is 0 Å². The topological polar surface area (TPSA) is 93.7 Å². The highest BCUT2D eigenvalue weighted by molar-refractivity contribution is 7.85. The molecule has 0 spiro atoms. The number of hydrogen-bond acceptors (Lipinski definition) is 6. The predicted molar refractivity (Wildman–Crippen MR) is 74.0 cm³/mol. The molecule has 0 atom stereocenters. The van der Waals surface area contributed by atoms with Crippen LogP contribution in [-0.2, 0) is 17.2 Å². The van der Waals surface area contributed by atoms with Crippen molar-refractivity contribution in [3.05, 3.63) is 47.0 Å². The van der Waals surface area contributed by atoms with Crippen LogP contribution in [0, 0.1) is 6.92 Å². The lowest BCUT2D eigenvalue weighted by Crippen LogP contribution is -2.26. The lowest BCUT2D eigenvalue weighted by atomic mass is 10.2. The van der Waals surface area contributed by atoms with E-state index in [-0.39, 0.29) is 4.90 Å². The number of rotatable bonds is 2. The average molecular weight is 314 g/mol. The molecule has 1 aromatic carbocycles. The van der Waals surface area contributed by atoms with Gasteiger partial charge in [-0.1, -0.05) is 22.9 Å². The molecule has 1 N–H and O–H groups in total. The maximum absolute atomic E-state index is 10.4. The molecule has 2 aromatic rings. The summed E-state index contributed by atoms with van der Waals surface area (Å²) in [6.45, 7) is 1.82. The Labute approximate surface area is 121 Å². The third kappa shape index (κ3) is 5.08. The Morgan fingerprint density at radius 3 is 2.30 bits per heavy atom. The highest BCUT2D eigenvalue weighted by Gasteiger charge is 2.02. The molecule has 1 heterocycles. The standard InChI is InChI=1S/C7H8O3S.C5H6N2OS/c1-6-2-4-7(5-3-6)11(8,9)10;1-7-5(4-6-8)2-3-9-7/h2-5H,1H3,(H,8,9,10);2-4H,1H3. The van der Waals surface area contributed by atoms with Crippen molar-refractivity contribution in [1.29, 1.82) is 0 Å². The third-order valence-electron chi connectivity index (χ3n) is 2.32. The predicted octanol–water partition coefficient (Wildman–Crippen LogP) is 1.28. The summed E-state index contributed by atoms with van der Waals surface area (Å²) in [4.78, 5) is -0.178. The molecule has 6 nitrogen and oxygen atoms in total. The van der Waals surface area contributed by atoms with E-state index in [0.717, 1.165) is 11.3 Å². The van der Waals surface area contributed by atoms with E-state index >= 15 is 0 Å². The van der Waals surface area contributed by atoms with Crippen LogP contribution < -0.4 is 3.96 Å². The molecule has 0 saturated carbocycles. The first-order valence-electron chi connectivity index (χ1n) is 5.48. The molecule has 0 amide bonds. The van der Waals surface area contributed by atoms with Crippen LogP contribution in [0.2, 0.25) is 0 Å². The summed E-state index contributed by atoms with van der Waals surface area (Å²) in [5.74, 6) is 0. The first-order valence-corrected chi connectivity index (χ1v) is 7.73. The van der Waals surface area contributed by atoms with Crippen LogP contribution in [0.25, 0.3) is 0 Å². The van der Waals surface area contributed by atoms with E-state index in [2.05, 4.69) is 5.16 Å². The molecular weight excluding hydrogens is 300 g/mol. The van der Waals surface area contributed by atoms with Crippen LogP contribution in [0.5, 0.6) is 0 Å². The van der Waals surface area contributed by atoms with Crippen molar-refractivity contribution in [2.24, 2.45) is 12.2 Å². The fourth-order valence-electron chi connectivity index (χ4n) is 1.25. The van der Waals surface area contributed by atoms with Gasteiger partial charge in [-0.3, -0.25) is 0 Å². The normalized spacial score (nSPS) is 11.2. The van der Waals surface area contributed by atoms with Crippen LogP contribution in [0.1, 0.15) is 11.3 Å². The third-order valence-corrected chi connectivity index (χ3v) is 3.96. The smallest absolute Gasteiger partial charge is 0.241 e. The lowest BCUT2D eigenvalue weighted by molar-refractivity contribution is -0.601. The molecule has 0 aliphatic rings. The van der Waals surface area contributed by atoms with Gasteiger partial charge in [-0.15, -0.1) is 3.96 Å². The summed E-state index contributed by atoms with van der Waals surface area (Å²) >= 11 is 1.56. The minimum absolute atomic E-state index is 0.178. The van der Waals surface area contributed by atoms with E-state index in [4.69, 9.17) is 5.21 Å². The molecule has 2 rings (SSSR count). The van der Waals surface area contributed by atoms with Gasteiger partial charge < -0.3 is 9.76 Å². The second kappa shape index (κ2) is 7.13. The van der Waals surface area contributed by atoms with Gasteiger partial charge in [0.1, 0.15) is 27.9 Å². The zero-order valence-electron chi connectivity index (χ0n) is 10.9. The SMILES string of the molecule is C[n+]1sccc1/C=N/O.Cc1ccc(S(=O)(=O)[O-])cc1. The van der Waals surface area contributed by atoms with Gasteiger partial charge in [0, 0.05) is 6.07 Å². The first-order chi connectivity index (χ1) is 9.34. The largest absolute Gasteiger partial charge is 0.744 e. The lowest BCUT2D eigenvalue weighted by Gasteiger charge is -2.05. The number of aromatic nitrogens is 1. The van der Waals surface area contributed by atoms with Crippen LogP contribution in [0.15, 0.2) is 45.8 Å². The van der Waals surface area contributed by atoms with Crippen molar-refractivity contribution in [1.82, 2.24) is 0 Å². The van der Waals surface area contributed by atoms with Crippen molar-refractivity contribution in [2.45, 2.75) is 11.8 Å². The second-order valence-electron chi connectivity index (χ2n) is 3.84. The quantitative estimate of drug-likeness (QED) is 0.297. The summed E-state index contributed by atoms with van der Waals surface area (Å²) in [6.07, 6.45) is 1.40. The molecule has 108 valence electrons. The minimum atomic E-state index is -4.27. The Kier molecular flexibility index (Phi) is 5.81.